The first-order valence-electron chi connectivity index (χ1n) is 19.5. The number of piperazine rings is 1. The van der Waals surface area contributed by atoms with Crippen molar-refractivity contribution in [2.75, 3.05) is 51.7 Å². The van der Waals surface area contributed by atoms with Gasteiger partial charge in [0.25, 0.3) is 0 Å². The number of pyridine rings is 1. The third-order valence-corrected chi connectivity index (χ3v) is 11.9. The molecule has 9 rings (SSSR count). The second-order valence-corrected chi connectivity index (χ2v) is 16.6. The van der Waals surface area contributed by atoms with Crippen LogP contribution in [0.15, 0.2) is 24.3 Å². The summed E-state index contributed by atoms with van der Waals surface area (Å²) in [5.41, 5.74) is -1.20. The molecule has 7 heterocycles. The molecule has 1 amide bonds. The minimum absolute atomic E-state index is 0.0715. The lowest BCUT2D eigenvalue weighted by molar-refractivity contribution is 0.00537. The molecule has 2 aromatic carbocycles. The smallest absolute Gasteiger partial charge is 0.410 e. The van der Waals surface area contributed by atoms with Gasteiger partial charge >= 0.3 is 12.1 Å². The largest absolute Gasteiger partial charge is 0.475 e. The highest BCUT2D eigenvalue weighted by Crippen LogP contribution is 2.47. The van der Waals surface area contributed by atoms with Crippen molar-refractivity contribution in [3.8, 4) is 40.7 Å². The van der Waals surface area contributed by atoms with E-state index in [0.717, 1.165) is 25.8 Å². The summed E-state index contributed by atoms with van der Waals surface area (Å²) >= 11 is 0. The lowest BCUT2D eigenvalue weighted by Gasteiger charge is -2.46. The Morgan fingerprint density at radius 2 is 1.91 bits per heavy atom. The van der Waals surface area contributed by atoms with E-state index in [-0.39, 0.29) is 71.7 Å². The second kappa shape index (κ2) is 14.1. The number of hydrogen-bond acceptors (Lipinski definition) is 11. The Kier molecular flexibility index (Phi) is 9.27. The molecule has 0 saturated carbocycles. The molecule has 5 aliphatic rings. The van der Waals surface area contributed by atoms with Crippen molar-refractivity contribution in [1.82, 2.24) is 24.8 Å². The Morgan fingerprint density at radius 1 is 1.07 bits per heavy atom. The van der Waals surface area contributed by atoms with Crippen molar-refractivity contribution in [2.45, 2.75) is 95.2 Å². The number of aromatic nitrogens is 3. The number of rotatable bonds is 7. The fourth-order valence-corrected chi connectivity index (χ4v) is 9.61. The second-order valence-electron chi connectivity index (χ2n) is 16.6. The zero-order chi connectivity index (χ0) is 39.8. The summed E-state index contributed by atoms with van der Waals surface area (Å²) in [7, 11) is 1.48. The molecule has 5 aliphatic heterocycles. The van der Waals surface area contributed by atoms with Crippen LogP contribution in [-0.4, -0.2) is 113 Å². The molecule has 4 fully saturated rings. The zero-order valence-electron chi connectivity index (χ0n) is 32.7. The van der Waals surface area contributed by atoms with Crippen molar-refractivity contribution >= 4 is 33.6 Å². The number of amides is 1. The summed E-state index contributed by atoms with van der Waals surface area (Å²) in [6, 6.07) is 5.19. The van der Waals surface area contributed by atoms with Crippen LogP contribution in [-0.2, 0) is 9.47 Å². The van der Waals surface area contributed by atoms with E-state index in [1.165, 1.54) is 13.2 Å². The minimum Gasteiger partial charge on any atom is -0.475 e. The summed E-state index contributed by atoms with van der Waals surface area (Å²) in [5, 5.41) is 1.12. The molecule has 5 atom stereocenters. The van der Waals surface area contributed by atoms with Crippen molar-refractivity contribution in [1.29, 1.82) is 0 Å². The van der Waals surface area contributed by atoms with E-state index < -0.39 is 41.1 Å². The van der Waals surface area contributed by atoms with Gasteiger partial charge in [0.05, 0.1) is 29.2 Å². The average molecular weight is 787 g/mol. The quantitative estimate of drug-likeness (QED) is 0.146. The molecule has 0 N–H and O–H groups in total. The highest BCUT2D eigenvalue weighted by Gasteiger charge is 2.52. The molecule has 12 nitrogen and oxygen atoms in total. The Hall–Kier alpha value is -5.07. The summed E-state index contributed by atoms with van der Waals surface area (Å²) < 4.78 is 77.7. The summed E-state index contributed by atoms with van der Waals surface area (Å²) in [6.07, 6.45) is 2.09. The van der Waals surface area contributed by atoms with Gasteiger partial charge in [-0.3, -0.25) is 9.80 Å². The molecule has 0 aliphatic carbocycles. The molecule has 4 saturated heterocycles. The van der Waals surface area contributed by atoms with E-state index in [4.69, 9.17) is 38.6 Å². The maximum Gasteiger partial charge on any atom is 0.410 e. The number of hydrogen-bond donors (Lipinski definition) is 0. The van der Waals surface area contributed by atoms with Crippen molar-refractivity contribution in [2.24, 2.45) is 0 Å². The minimum atomic E-state index is -0.968. The van der Waals surface area contributed by atoms with E-state index >= 15 is 8.78 Å². The maximum atomic E-state index is 17.6. The van der Waals surface area contributed by atoms with E-state index in [1.54, 1.807) is 25.1 Å². The number of anilines is 1. The molecule has 57 heavy (non-hydrogen) atoms. The monoisotopic (exact) mass is 786 g/mol. The lowest BCUT2D eigenvalue weighted by Crippen LogP contribution is -2.63. The first-order chi connectivity index (χ1) is 27.4. The van der Waals surface area contributed by atoms with E-state index in [2.05, 4.69) is 21.6 Å². The van der Waals surface area contributed by atoms with Gasteiger partial charge in [-0.05, 0) is 83.5 Å². The summed E-state index contributed by atoms with van der Waals surface area (Å²) in [5.74, 6) is 5.02. The van der Waals surface area contributed by atoms with Gasteiger partial charge < -0.3 is 28.6 Å². The highest BCUT2D eigenvalue weighted by molar-refractivity contribution is 6.04. The normalized spacial score (nSPS) is 25.1. The zero-order valence-corrected chi connectivity index (χ0v) is 32.7. The van der Waals surface area contributed by atoms with Crippen LogP contribution in [0.3, 0.4) is 0 Å². The molecule has 0 spiro atoms. The SMILES string of the molecule is CC#Cc1c(F)ccc2cc(OCOC)cc(-c3nc4c5c(nc(OC[C@@]67CCCN6C[C@H](F)C7)nc5c3F)N3C[C@H]5CC[C@@H]([C@H]3CO4)N5C(=O)OC(C)(C)C)c12. The number of halogens is 3. The van der Waals surface area contributed by atoms with Crippen LogP contribution < -0.4 is 19.1 Å². The number of carbonyl (C=O) groups is 1. The van der Waals surface area contributed by atoms with Gasteiger partial charge in [-0.1, -0.05) is 12.0 Å². The number of alkyl halides is 1. The third kappa shape index (κ3) is 6.41. The molecular formula is C42H45F3N6O6. The molecule has 0 radical (unpaired) electrons. The first kappa shape index (κ1) is 37.5. The highest BCUT2D eigenvalue weighted by atomic mass is 19.1. The van der Waals surface area contributed by atoms with Gasteiger partial charge in [0.15, 0.2) is 12.6 Å². The molecule has 4 aromatic rings. The number of fused-ring (bicyclic) bond motifs is 7. The van der Waals surface area contributed by atoms with Crippen molar-refractivity contribution < 1.29 is 41.7 Å². The fraction of sp³-hybridized carbons (Fsp3) is 0.524. The topological polar surface area (TPSA) is 112 Å². The van der Waals surface area contributed by atoms with E-state index in [0.29, 0.717) is 48.3 Å². The molecular weight excluding hydrogens is 741 g/mol. The van der Waals surface area contributed by atoms with E-state index in [9.17, 15) is 9.18 Å². The maximum absolute atomic E-state index is 17.6. The van der Waals surface area contributed by atoms with Gasteiger partial charge in [-0.15, -0.1) is 5.92 Å². The van der Waals surface area contributed by atoms with Crippen LogP contribution in [0.5, 0.6) is 17.6 Å². The fourth-order valence-electron chi connectivity index (χ4n) is 9.61. The van der Waals surface area contributed by atoms with Crippen LogP contribution in [0.4, 0.5) is 23.8 Å². The molecule has 15 heteroatoms. The van der Waals surface area contributed by atoms with Gasteiger partial charge in [0.2, 0.25) is 5.88 Å². The summed E-state index contributed by atoms with van der Waals surface area (Å²) in [6.45, 7) is 8.73. The third-order valence-electron chi connectivity index (χ3n) is 11.9. The number of ether oxygens (including phenoxy) is 5. The van der Waals surface area contributed by atoms with Gasteiger partial charge in [0.1, 0.15) is 59.0 Å². The van der Waals surface area contributed by atoms with Gasteiger partial charge in [-0.2, -0.15) is 9.97 Å². The lowest BCUT2D eigenvalue weighted by atomic mass is 9.95. The van der Waals surface area contributed by atoms with Crippen molar-refractivity contribution in [3.63, 3.8) is 0 Å². The molecule has 2 bridgehead atoms. The standard InChI is InChI=1S/C42H45F3N6O6/c1-6-8-27-29(44)11-9-23-15-26(56-22-53-5)16-28(32(23)27)35-34(45)36-33-37(48-39(47-36)55-21-42-13-7-14-49(42)18-24(43)17-42)50-19-25-10-12-30(31(50)20-54-38(33)46-35)51(25)40(52)57-41(2,3)4/h9,11,15-16,24-25,30-31H,7,10,12-14,17-22H2,1-5H3/t24-,25-,30+,31-,42+/m1/s1. The van der Waals surface area contributed by atoms with Crippen LogP contribution in [0.2, 0.25) is 0 Å². The van der Waals surface area contributed by atoms with Gasteiger partial charge in [0, 0.05) is 37.6 Å². The number of nitrogens with zero attached hydrogens (tertiary/aromatic N) is 6. The van der Waals surface area contributed by atoms with Crippen molar-refractivity contribution in [3.05, 3.63) is 41.5 Å². The Morgan fingerprint density at radius 3 is 2.70 bits per heavy atom. The van der Waals surface area contributed by atoms with E-state index in [1.807, 2.05) is 25.7 Å². The molecule has 2 aromatic heterocycles. The molecule has 0 unspecified atom stereocenters. The predicted octanol–water partition coefficient (Wildman–Crippen LogP) is 6.78. The van der Waals surface area contributed by atoms with Crippen LogP contribution in [0.1, 0.15) is 65.4 Å². The average Bonchev–Trinajstić information content (AvgIpc) is 3.78. The first-order valence-corrected chi connectivity index (χ1v) is 19.5. The number of benzene rings is 2. The number of methoxy groups -OCH3 is 1. The Bertz CT molecular complexity index is 2350. The predicted molar refractivity (Wildman–Crippen MR) is 205 cm³/mol. The van der Waals surface area contributed by atoms with Crippen LogP contribution in [0.25, 0.3) is 32.9 Å². The Balaban J connectivity index is 1.22. The van der Waals surface area contributed by atoms with Crippen LogP contribution >= 0.6 is 0 Å². The van der Waals surface area contributed by atoms with Gasteiger partial charge in [-0.25, -0.2) is 22.9 Å². The summed E-state index contributed by atoms with van der Waals surface area (Å²) in [4.78, 5) is 34.1. The van der Waals surface area contributed by atoms with Crippen LogP contribution in [0, 0.1) is 23.5 Å². The Labute approximate surface area is 328 Å². The molecule has 300 valence electrons. The number of carbonyl (C=O) groups excluding carboxylic acids is 1.